The molecule has 3 aliphatic rings. The summed E-state index contributed by atoms with van der Waals surface area (Å²) in [5.41, 5.74) is 3.40. The zero-order chi connectivity index (χ0) is 26.9. The van der Waals surface area contributed by atoms with Crippen LogP contribution in [0.4, 0.5) is 0 Å². The summed E-state index contributed by atoms with van der Waals surface area (Å²) in [4.78, 5) is 40.6. The second kappa shape index (κ2) is 10.8. The number of fused-ring (bicyclic) bond motifs is 1. The third-order valence-electron chi connectivity index (χ3n) is 7.45. The molecule has 0 saturated carbocycles. The van der Waals surface area contributed by atoms with Gasteiger partial charge in [0.25, 0.3) is 5.91 Å². The van der Waals surface area contributed by atoms with Crippen molar-refractivity contribution in [2.45, 2.75) is 45.5 Å². The van der Waals surface area contributed by atoms with Crippen LogP contribution in [0.2, 0.25) is 0 Å². The largest absolute Gasteiger partial charge is 0.489 e. The summed E-state index contributed by atoms with van der Waals surface area (Å²) in [6.45, 7) is 5.48. The molecule has 2 aromatic carbocycles. The van der Waals surface area contributed by atoms with Crippen LogP contribution in [-0.4, -0.2) is 78.2 Å². The van der Waals surface area contributed by atoms with E-state index in [0.29, 0.717) is 50.5 Å². The lowest BCUT2D eigenvalue weighted by Crippen LogP contribution is -2.52. The van der Waals surface area contributed by atoms with Crippen molar-refractivity contribution in [1.82, 2.24) is 19.4 Å². The molecule has 11 heteroatoms. The Morgan fingerprint density at radius 1 is 0.974 bits per heavy atom. The molecule has 2 fully saturated rings. The highest BCUT2D eigenvalue weighted by Crippen LogP contribution is 2.34. The number of rotatable bonds is 8. The molecule has 10 nitrogen and oxygen atoms in total. The van der Waals surface area contributed by atoms with Gasteiger partial charge in [-0.15, -0.1) is 0 Å². The number of piperidine rings is 1. The molecule has 2 saturated heterocycles. The number of piperazine rings is 1. The number of nitrogens with zero attached hydrogens (tertiary/aromatic N) is 3. The Hall–Kier alpha value is -3.28. The van der Waals surface area contributed by atoms with Crippen molar-refractivity contribution in [3.05, 3.63) is 64.7 Å². The Labute approximate surface area is 222 Å². The van der Waals surface area contributed by atoms with Gasteiger partial charge in [-0.1, -0.05) is 30.3 Å². The zero-order valence-electron chi connectivity index (χ0n) is 21.4. The topological polar surface area (TPSA) is 116 Å². The summed E-state index contributed by atoms with van der Waals surface area (Å²) in [7, 11) is -3.13. The van der Waals surface area contributed by atoms with E-state index in [9.17, 15) is 22.8 Å². The second-order valence-corrected chi connectivity index (χ2v) is 12.1. The number of hydrogen-bond donors (Lipinski definition) is 1. The van der Waals surface area contributed by atoms with E-state index in [1.165, 1.54) is 4.90 Å². The van der Waals surface area contributed by atoms with E-state index in [0.717, 1.165) is 23.2 Å². The van der Waals surface area contributed by atoms with E-state index in [2.05, 4.69) is 22.3 Å². The summed E-state index contributed by atoms with van der Waals surface area (Å²) in [5.74, 6) is -0.225. The second-order valence-electron chi connectivity index (χ2n) is 9.86. The maximum Gasteiger partial charge on any atom is 0.255 e. The molecule has 1 N–H and O–H groups in total. The molecule has 1 atom stereocenters. The normalized spacial score (nSPS) is 20.9. The number of amides is 3. The highest BCUT2D eigenvalue weighted by Gasteiger charge is 2.40. The molecule has 1 unspecified atom stereocenters. The predicted molar refractivity (Wildman–Crippen MR) is 140 cm³/mol. The number of hydrogen-bond acceptors (Lipinski definition) is 7. The molecule has 3 aliphatic heterocycles. The molecule has 0 spiro atoms. The fraction of sp³-hybridized carbons (Fsp3) is 0.444. The number of sulfonamides is 1. The standard InChI is InChI=1S/C27H32N4O6S/c1-2-38(35,36)30-14-12-29(13-15-30)16-19-6-8-20(9-7-19)18-37-24-5-3-4-21-22(24)17-31(27(21)34)23-10-11-25(32)28-26(23)33/h3-9,23H,2,10-18H2,1H3,(H,28,32,33). The molecule has 3 heterocycles. The molecule has 202 valence electrons. The smallest absolute Gasteiger partial charge is 0.255 e. The lowest BCUT2D eigenvalue weighted by atomic mass is 10.0. The molecule has 5 rings (SSSR count). The maximum atomic E-state index is 13.0. The Bertz CT molecular complexity index is 1340. The summed E-state index contributed by atoms with van der Waals surface area (Å²) in [5, 5.41) is 2.32. The summed E-state index contributed by atoms with van der Waals surface area (Å²) >= 11 is 0. The molecule has 0 aromatic heterocycles. The van der Waals surface area contributed by atoms with Gasteiger partial charge in [0.1, 0.15) is 18.4 Å². The van der Waals surface area contributed by atoms with Crippen LogP contribution in [0.25, 0.3) is 0 Å². The summed E-state index contributed by atoms with van der Waals surface area (Å²) in [6.07, 6.45) is 0.535. The average Bonchev–Trinajstić information content (AvgIpc) is 3.25. The third kappa shape index (κ3) is 5.45. The van der Waals surface area contributed by atoms with Crippen LogP contribution in [0.5, 0.6) is 5.75 Å². The van der Waals surface area contributed by atoms with Gasteiger partial charge in [0, 0.05) is 50.3 Å². The fourth-order valence-corrected chi connectivity index (χ4v) is 6.29. The van der Waals surface area contributed by atoms with Gasteiger partial charge in [-0.2, -0.15) is 4.31 Å². The highest BCUT2D eigenvalue weighted by atomic mass is 32.2. The average molecular weight is 541 g/mol. The molecule has 0 aliphatic carbocycles. The predicted octanol–water partition coefficient (Wildman–Crippen LogP) is 1.49. The first-order chi connectivity index (χ1) is 18.2. The minimum absolute atomic E-state index is 0.136. The van der Waals surface area contributed by atoms with Crippen LogP contribution in [0.15, 0.2) is 42.5 Å². The Morgan fingerprint density at radius 3 is 2.37 bits per heavy atom. The molecule has 0 bridgehead atoms. The molecular weight excluding hydrogens is 508 g/mol. The van der Waals surface area contributed by atoms with Crippen molar-refractivity contribution in [3.8, 4) is 5.75 Å². The van der Waals surface area contributed by atoms with Crippen molar-refractivity contribution in [2.24, 2.45) is 0 Å². The number of imide groups is 1. The number of carbonyl (C=O) groups excluding carboxylic acids is 3. The first-order valence-corrected chi connectivity index (χ1v) is 14.5. The lowest BCUT2D eigenvalue weighted by molar-refractivity contribution is -0.136. The van der Waals surface area contributed by atoms with E-state index >= 15 is 0 Å². The third-order valence-corrected chi connectivity index (χ3v) is 9.33. The van der Waals surface area contributed by atoms with Crippen LogP contribution in [0.3, 0.4) is 0 Å². The van der Waals surface area contributed by atoms with Crippen molar-refractivity contribution in [3.63, 3.8) is 0 Å². The van der Waals surface area contributed by atoms with Crippen molar-refractivity contribution in [1.29, 1.82) is 0 Å². The molecule has 38 heavy (non-hydrogen) atoms. The van der Waals surface area contributed by atoms with E-state index in [4.69, 9.17) is 4.74 Å². The first-order valence-electron chi connectivity index (χ1n) is 12.9. The van der Waals surface area contributed by atoms with Crippen LogP contribution < -0.4 is 10.1 Å². The minimum Gasteiger partial charge on any atom is -0.489 e. The van der Waals surface area contributed by atoms with Gasteiger partial charge in [-0.25, -0.2) is 8.42 Å². The van der Waals surface area contributed by atoms with Crippen molar-refractivity contribution >= 4 is 27.7 Å². The van der Waals surface area contributed by atoms with Crippen molar-refractivity contribution < 1.29 is 27.5 Å². The van der Waals surface area contributed by atoms with Gasteiger partial charge >= 0.3 is 0 Å². The Balaban J connectivity index is 1.17. The summed E-state index contributed by atoms with van der Waals surface area (Å²) < 4.78 is 31.8. The maximum absolute atomic E-state index is 13.0. The first kappa shape index (κ1) is 26.3. The Morgan fingerprint density at radius 2 is 1.68 bits per heavy atom. The SMILES string of the molecule is CCS(=O)(=O)N1CCN(Cc2ccc(COc3cccc4c3CN(C3CCC(=O)NC3=O)C4=O)cc2)CC1. The van der Waals surface area contributed by atoms with Crippen LogP contribution in [-0.2, 0) is 39.3 Å². The Kier molecular flexibility index (Phi) is 7.51. The monoisotopic (exact) mass is 540 g/mol. The minimum atomic E-state index is -3.13. The summed E-state index contributed by atoms with van der Waals surface area (Å²) in [6, 6.07) is 12.8. The molecular formula is C27H32N4O6S. The molecule has 2 aromatic rings. The molecule has 0 radical (unpaired) electrons. The molecule has 3 amide bonds. The number of ether oxygens (including phenoxy) is 1. The number of nitrogens with one attached hydrogen (secondary N) is 1. The van der Waals surface area contributed by atoms with Crippen molar-refractivity contribution in [2.75, 3.05) is 31.9 Å². The number of carbonyl (C=O) groups is 3. The van der Waals surface area contributed by atoms with Crippen LogP contribution in [0, 0.1) is 0 Å². The quantitative estimate of drug-likeness (QED) is 0.505. The fourth-order valence-electron chi connectivity index (χ4n) is 5.20. The zero-order valence-corrected chi connectivity index (χ0v) is 22.2. The van der Waals surface area contributed by atoms with E-state index < -0.39 is 22.0 Å². The van der Waals surface area contributed by atoms with E-state index in [-0.39, 0.29) is 30.5 Å². The van der Waals surface area contributed by atoms with Crippen LogP contribution >= 0.6 is 0 Å². The van der Waals surface area contributed by atoms with E-state index in [1.807, 2.05) is 18.2 Å². The van der Waals surface area contributed by atoms with Gasteiger partial charge in [0.15, 0.2) is 0 Å². The van der Waals surface area contributed by atoms with Gasteiger partial charge in [-0.3, -0.25) is 24.6 Å². The van der Waals surface area contributed by atoms with Gasteiger partial charge in [0.05, 0.1) is 12.3 Å². The lowest BCUT2D eigenvalue weighted by Gasteiger charge is -2.33. The van der Waals surface area contributed by atoms with Crippen LogP contribution in [0.1, 0.15) is 46.8 Å². The van der Waals surface area contributed by atoms with Gasteiger partial charge < -0.3 is 9.64 Å². The van der Waals surface area contributed by atoms with Gasteiger partial charge in [-0.05, 0) is 36.6 Å². The number of benzene rings is 2. The van der Waals surface area contributed by atoms with Gasteiger partial charge in [0.2, 0.25) is 21.8 Å². The van der Waals surface area contributed by atoms with E-state index in [1.54, 1.807) is 23.4 Å². The highest BCUT2D eigenvalue weighted by molar-refractivity contribution is 7.89.